The van der Waals surface area contributed by atoms with Crippen LogP contribution in [0.5, 0.6) is 0 Å². The molecule has 0 radical (unpaired) electrons. The predicted molar refractivity (Wildman–Crippen MR) is 45.8 cm³/mol. The summed E-state index contributed by atoms with van der Waals surface area (Å²) in [7, 11) is 0. The Labute approximate surface area is 72.9 Å². The van der Waals surface area contributed by atoms with E-state index in [0.29, 0.717) is 17.7 Å². The van der Waals surface area contributed by atoms with Gasteiger partial charge in [-0.15, -0.1) is 0 Å². The monoisotopic (exact) mass is 165 g/mol. The van der Waals surface area contributed by atoms with Crippen LogP contribution in [0.1, 0.15) is 25.7 Å². The van der Waals surface area contributed by atoms with Crippen LogP contribution in [0.25, 0.3) is 0 Å². The van der Waals surface area contributed by atoms with E-state index in [1.165, 1.54) is 25.9 Å². The largest absolute Gasteiger partial charge is 0.299 e. The first-order valence-electron chi connectivity index (χ1n) is 5.13. The lowest BCUT2D eigenvalue weighted by Gasteiger charge is -2.30. The highest BCUT2D eigenvalue weighted by Gasteiger charge is 2.48. The Morgan fingerprint density at radius 3 is 2.92 bits per heavy atom. The molecule has 0 N–H and O–H groups in total. The first kappa shape index (κ1) is 7.07. The highest BCUT2D eigenvalue weighted by Crippen LogP contribution is 2.43. The van der Waals surface area contributed by atoms with Crippen molar-refractivity contribution < 1.29 is 4.79 Å². The standard InChI is InChI=1S/C10H15NO/c12-9-2-1-7-3-5-11-6-4-8(9)10(7)11/h7-8,10H,1-6H2/t7-,8-,10+/m0/s1. The second-order valence-corrected chi connectivity index (χ2v) is 4.48. The topological polar surface area (TPSA) is 20.3 Å². The van der Waals surface area contributed by atoms with Gasteiger partial charge in [0.2, 0.25) is 0 Å². The summed E-state index contributed by atoms with van der Waals surface area (Å²) in [5.74, 6) is 1.86. The number of ketones is 1. The molecule has 0 aromatic rings. The number of nitrogens with zero attached hydrogens (tertiary/aromatic N) is 1. The lowest BCUT2D eigenvalue weighted by molar-refractivity contribution is -0.126. The highest BCUT2D eigenvalue weighted by atomic mass is 16.1. The minimum absolute atomic E-state index is 0.436. The molecule has 0 spiro atoms. The van der Waals surface area contributed by atoms with E-state index in [2.05, 4.69) is 4.90 Å². The van der Waals surface area contributed by atoms with Gasteiger partial charge >= 0.3 is 0 Å². The zero-order valence-corrected chi connectivity index (χ0v) is 7.33. The van der Waals surface area contributed by atoms with Gasteiger partial charge < -0.3 is 0 Å². The molecule has 2 aliphatic heterocycles. The number of hydrogen-bond donors (Lipinski definition) is 0. The fraction of sp³-hybridized carbons (Fsp3) is 0.900. The summed E-state index contributed by atoms with van der Waals surface area (Å²) < 4.78 is 0. The summed E-state index contributed by atoms with van der Waals surface area (Å²) in [6.07, 6.45) is 4.56. The Hall–Kier alpha value is -0.370. The molecule has 1 aliphatic carbocycles. The molecule has 0 bridgehead atoms. The first-order chi connectivity index (χ1) is 5.86. The van der Waals surface area contributed by atoms with Crippen molar-refractivity contribution in [2.75, 3.05) is 13.1 Å². The lowest BCUT2D eigenvalue weighted by Crippen LogP contribution is -2.38. The molecule has 2 nitrogen and oxygen atoms in total. The predicted octanol–water partition coefficient (Wildman–Crippen LogP) is 1.06. The average molecular weight is 165 g/mol. The third-order valence-electron chi connectivity index (χ3n) is 4.01. The van der Waals surface area contributed by atoms with Crippen molar-refractivity contribution >= 4 is 5.78 Å². The Bertz CT molecular complexity index is 226. The second-order valence-electron chi connectivity index (χ2n) is 4.48. The zero-order chi connectivity index (χ0) is 8.13. The number of rotatable bonds is 0. The van der Waals surface area contributed by atoms with Gasteiger partial charge in [-0.1, -0.05) is 0 Å². The van der Waals surface area contributed by atoms with Crippen molar-refractivity contribution in [1.29, 1.82) is 0 Å². The molecule has 0 aromatic heterocycles. The minimum atomic E-state index is 0.436. The third kappa shape index (κ3) is 0.764. The fourth-order valence-corrected chi connectivity index (χ4v) is 3.45. The molecule has 0 amide bonds. The lowest BCUT2D eigenvalue weighted by atomic mass is 9.77. The number of Topliss-reactive ketones (excluding diaryl/α,β-unsaturated/α-hetero) is 1. The van der Waals surface area contributed by atoms with Gasteiger partial charge in [0.05, 0.1) is 0 Å². The Morgan fingerprint density at radius 1 is 1.17 bits per heavy atom. The average Bonchev–Trinajstić information content (AvgIpc) is 2.61. The fourth-order valence-electron chi connectivity index (χ4n) is 3.45. The van der Waals surface area contributed by atoms with Crippen molar-refractivity contribution in [2.24, 2.45) is 11.8 Å². The van der Waals surface area contributed by atoms with Crippen molar-refractivity contribution in [1.82, 2.24) is 4.90 Å². The van der Waals surface area contributed by atoms with E-state index in [1.807, 2.05) is 0 Å². The molecular weight excluding hydrogens is 150 g/mol. The van der Waals surface area contributed by atoms with Crippen molar-refractivity contribution in [3.63, 3.8) is 0 Å². The molecule has 3 aliphatic rings. The molecule has 12 heavy (non-hydrogen) atoms. The Morgan fingerprint density at radius 2 is 2.00 bits per heavy atom. The Balaban J connectivity index is 1.93. The van der Waals surface area contributed by atoms with Gasteiger partial charge in [-0.25, -0.2) is 0 Å². The van der Waals surface area contributed by atoms with Crippen LogP contribution in [-0.2, 0) is 4.79 Å². The van der Waals surface area contributed by atoms with Gasteiger partial charge in [-0.05, 0) is 38.3 Å². The van der Waals surface area contributed by atoms with Gasteiger partial charge in [0, 0.05) is 18.4 Å². The van der Waals surface area contributed by atoms with E-state index in [0.717, 1.165) is 18.8 Å². The summed E-state index contributed by atoms with van der Waals surface area (Å²) in [6.45, 7) is 2.46. The van der Waals surface area contributed by atoms with Gasteiger partial charge in [0.25, 0.3) is 0 Å². The summed E-state index contributed by atoms with van der Waals surface area (Å²) >= 11 is 0. The van der Waals surface area contributed by atoms with Gasteiger partial charge in [0.1, 0.15) is 5.78 Å². The van der Waals surface area contributed by atoms with E-state index in [-0.39, 0.29) is 0 Å². The highest BCUT2D eigenvalue weighted by molar-refractivity contribution is 5.83. The summed E-state index contributed by atoms with van der Waals surface area (Å²) in [4.78, 5) is 14.1. The number of hydrogen-bond acceptors (Lipinski definition) is 2. The summed E-state index contributed by atoms with van der Waals surface area (Å²) in [6, 6.07) is 0.672. The minimum Gasteiger partial charge on any atom is -0.299 e. The molecule has 66 valence electrons. The zero-order valence-electron chi connectivity index (χ0n) is 7.33. The maximum absolute atomic E-state index is 11.6. The molecular formula is C10H15NO. The van der Waals surface area contributed by atoms with Crippen molar-refractivity contribution in [2.45, 2.75) is 31.7 Å². The van der Waals surface area contributed by atoms with Crippen LogP contribution in [0.15, 0.2) is 0 Å². The molecule has 3 atom stereocenters. The van der Waals surface area contributed by atoms with Gasteiger partial charge in [-0.3, -0.25) is 9.69 Å². The van der Waals surface area contributed by atoms with Crippen molar-refractivity contribution in [3.8, 4) is 0 Å². The molecule has 2 heterocycles. The maximum atomic E-state index is 11.6. The number of carbonyl (C=O) groups excluding carboxylic acids is 1. The van der Waals surface area contributed by atoms with E-state index in [9.17, 15) is 4.79 Å². The van der Waals surface area contributed by atoms with E-state index >= 15 is 0 Å². The quantitative estimate of drug-likeness (QED) is 0.535. The molecule has 0 unspecified atom stereocenters. The third-order valence-corrected chi connectivity index (χ3v) is 4.01. The summed E-state index contributed by atoms with van der Waals surface area (Å²) in [5, 5.41) is 0. The van der Waals surface area contributed by atoms with Crippen LogP contribution in [0, 0.1) is 11.8 Å². The van der Waals surface area contributed by atoms with E-state index in [1.54, 1.807) is 0 Å². The van der Waals surface area contributed by atoms with Crippen LogP contribution in [0.4, 0.5) is 0 Å². The molecule has 3 fully saturated rings. The molecule has 2 heteroatoms. The Kier molecular flexibility index (Phi) is 1.37. The van der Waals surface area contributed by atoms with Crippen LogP contribution in [-0.4, -0.2) is 29.8 Å². The first-order valence-corrected chi connectivity index (χ1v) is 5.13. The maximum Gasteiger partial charge on any atom is 0.137 e. The SMILES string of the molecule is O=C1CC[C@H]2CCN3CC[C@@H]1[C@@H]23. The van der Waals surface area contributed by atoms with Crippen LogP contribution < -0.4 is 0 Å². The van der Waals surface area contributed by atoms with Crippen LogP contribution >= 0.6 is 0 Å². The second kappa shape index (κ2) is 2.32. The van der Waals surface area contributed by atoms with Crippen LogP contribution in [0.3, 0.4) is 0 Å². The molecule has 0 aromatic carbocycles. The van der Waals surface area contributed by atoms with Crippen molar-refractivity contribution in [3.05, 3.63) is 0 Å². The molecule has 3 rings (SSSR count). The summed E-state index contributed by atoms with van der Waals surface area (Å²) in [5.41, 5.74) is 0. The van der Waals surface area contributed by atoms with E-state index in [4.69, 9.17) is 0 Å². The van der Waals surface area contributed by atoms with Gasteiger partial charge in [-0.2, -0.15) is 0 Å². The molecule has 1 saturated carbocycles. The normalized spacial score (nSPS) is 46.7. The molecule has 2 saturated heterocycles. The van der Waals surface area contributed by atoms with E-state index < -0.39 is 0 Å². The number of carbonyl (C=O) groups is 1. The van der Waals surface area contributed by atoms with Crippen LogP contribution in [0.2, 0.25) is 0 Å². The van der Waals surface area contributed by atoms with Gasteiger partial charge in [0.15, 0.2) is 0 Å². The smallest absolute Gasteiger partial charge is 0.137 e.